The van der Waals surface area contributed by atoms with Crippen LogP contribution < -0.4 is 5.73 Å². The molecule has 0 saturated carbocycles. The number of anilines is 1. The van der Waals surface area contributed by atoms with Gasteiger partial charge in [-0.1, -0.05) is 23.8 Å². The van der Waals surface area contributed by atoms with E-state index in [1.54, 1.807) is 0 Å². The van der Waals surface area contributed by atoms with Crippen LogP contribution in [0, 0.1) is 0 Å². The highest BCUT2D eigenvalue weighted by atomic mass is 35.5. The zero-order chi connectivity index (χ0) is 15.0. The van der Waals surface area contributed by atoms with Crippen molar-refractivity contribution in [1.29, 1.82) is 0 Å². The van der Waals surface area contributed by atoms with Crippen molar-refractivity contribution in [2.75, 3.05) is 5.73 Å². The molecule has 0 aliphatic heterocycles. The fraction of sp³-hybridized carbons (Fsp3) is 0.118. The SMILES string of the molecule is C=C(C)Cn1c(-c2ccc(N)cc2)nc2cc(Cl)ccc21. The van der Waals surface area contributed by atoms with E-state index in [2.05, 4.69) is 11.1 Å². The second kappa shape index (κ2) is 5.26. The predicted molar refractivity (Wildman–Crippen MR) is 89.4 cm³/mol. The van der Waals surface area contributed by atoms with Crippen LogP contribution in [-0.4, -0.2) is 9.55 Å². The number of halogens is 1. The van der Waals surface area contributed by atoms with Crippen molar-refractivity contribution >= 4 is 28.3 Å². The third-order valence-electron chi connectivity index (χ3n) is 3.31. The average molecular weight is 298 g/mol. The van der Waals surface area contributed by atoms with Crippen LogP contribution in [0.1, 0.15) is 6.92 Å². The van der Waals surface area contributed by atoms with Crippen LogP contribution in [0.3, 0.4) is 0 Å². The van der Waals surface area contributed by atoms with Gasteiger partial charge in [-0.05, 0) is 49.4 Å². The van der Waals surface area contributed by atoms with E-state index in [0.717, 1.165) is 40.2 Å². The largest absolute Gasteiger partial charge is 0.399 e. The summed E-state index contributed by atoms with van der Waals surface area (Å²) < 4.78 is 2.15. The van der Waals surface area contributed by atoms with Gasteiger partial charge in [-0.3, -0.25) is 0 Å². The summed E-state index contributed by atoms with van der Waals surface area (Å²) in [5, 5.41) is 0.686. The number of hydrogen-bond donors (Lipinski definition) is 1. The molecule has 0 amide bonds. The Bertz CT molecular complexity index is 816. The van der Waals surface area contributed by atoms with E-state index in [1.165, 1.54) is 0 Å². The Hall–Kier alpha value is -2.26. The van der Waals surface area contributed by atoms with Crippen molar-refractivity contribution in [3.8, 4) is 11.4 Å². The lowest BCUT2D eigenvalue weighted by molar-refractivity contribution is 0.820. The lowest BCUT2D eigenvalue weighted by Crippen LogP contribution is -2.01. The van der Waals surface area contributed by atoms with Crippen molar-refractivity contribution < 1.29 is 0 Å². The van der Waals surface area contributed by atoms with Crippen LogP contribution in [0.15, 0.2) is 54.6 Å². The summed E-state index contributed by atoms with van der Waals surface area (Å²) in [7, 11) is 0. The molecule has 106 valence electrons. The van der Waals surface area contributed by atoms with Crippen molar-refractivity contribution in [2.24, 2.45) is 0 Å². The van der Waals surface area contributed by atoms with Gasteiger partial charge in [0, 0.05) is 22.8 Å². The first-order valence-corrected chi connectivity index (χ1v) is 7.08. The number of aromatic nitrogens is 2. The first-order chi connectivity index (χ1) is 10.0. The molecule has 0 unspecified atom stereocenters. The Balaban J connectivity index is 2.24. The standard InChI is InChI=1S/C17H16ClN3/c1-11(2)10-21-16-8-5-13(18)9-15(16)20-17(21)12-3-6-14(19)7-4-12/h3-9H,1,10,19H2,2H3. The number of rotatable bonds is 3. The Morgan fingerprint density at radius 3 is 2.62 bits per heavy atom. The molecule has 4 heteroatoms. The maximum absolute atomic E-state index is 6.07. The molecule has 0 bridgehead atoms. The molecule has 0 saturated heterocycles. The zero-order valence-electron chi connectivity index (χ0n) is 11.8. The molecule has 3 rings (SSSR count). The summed E-state index contributed by atoms with van der Waals surface area (Å²) in [6.07, 6.45) is 0. The number of fused-ring (bicyclic) bond motifs is 1. The number of nitrogens with two attached hydrogens (primary N) is 1. The summed E-state index contributed by atoms with van der Waals surface area (Å²) >= 11 is 6.07. The minimum absolute atomic E-state index is 0.686. The lowest BCUT2D eigenvalue weighted by atomic mass is 10.2. The van der Waals surface area contributed by atoms with Crippen LogP contribution in [0.25, 0.3) is 22.4 Å². The van der Waals surface area contributed by atoms with E-state index >= 15 is 0 Å². The molecule has 0 aliphatic rings. The summed E-state index contributed by atoms with van der Waals surface area (Å²) in [6, 6.07) is 13.5. The second-order valence-electron chi connectivity index (χ2n) is 5.23. The first kappa shape index (κ1) is 13.7. The van der Waals surface area contributed by atoms with Gasteiger partial charge in [0.05, 0.1) is 11.0 Å². The molecule has 1 aromatic heterocycles. The van der Waals surface area contributed by atoms with E-state index < -0.39 is 0 Å². The molecular weight excluding hydrogens is 282 g/mol. The normalized spacial score (nSPS) is 11.0. The minimum atomic E-state index is 0.686. The third kappa shape index (κ3) is 2.65. The fourth-order valence-electron chi connectivity index (χ4n) is 2.39. The first-order valence-electron chi connectivity index (χ1n) is 6.70. The quantitative estimate of drug-likeness (QED) is 0.571. The number of nitrogen functional groups attached to an aromatic ring is 1. The van der Waals surface area contributed by atoms with Crippen molar-refractivity contribution in [3.63, 3.8) is 0 Å². The monoisotopic (exact) mass is 297 g/mol. The number of imidazole rings is 1. The van der Waals surface area contributed by atoms with Gasteiger partial charge in [0.25, 0.3) is 0 Å². The molecule has 0 atom stereocenters. The van der Waals surface area contributed by atoms with E-state index in [-0.39, 0.29) is 0 Å². The summed E-state index contributed by atoms with van der Waals surface area (Å²) in [6.45, 7) is 6.74. The number of nitrogens with zero attached hydrogens (tertiary/aromatic N) is 2. The highest BCUT2D eigenvalue weighted by Crippen LogP contribution is 2.28. The average Bonchev–Trinajstić information content (AvgIpc) is 2.77. The number of allylic oxidation sites excluding steroid dienone is 1. The highest BCUT2D eigenvalue weighted by molar-refractivity contribution is 6.31. The summed E-state index contributed by atoms with van der Waals surface area (Å²) in [5.41, 5.74) is 10.5. The lowest BCUT2D eigenvalue weighted by Gasteiger charge is -2.09. The molecule has 1 heterocycles. The summed E-state index contributed by atoms with van der Waals surface area (Å²) in [5.74, 6) is 0.898. The number of hydrogen-bond acceptors (Lipinski definition) is 2. The van der Waals surface area contributed by atoms with Crippen LogP contribution in [0.2, 0.25) is 5.02 Å². The Kier molecular flexibility index (Phi) is 3.43. The van der Waals surface area contributed by atoms with Gasteiger partial charge in [-0.15, -0.1) is 0 Å². The minimum Gasteiger partial charge on any atom is -0.399 e. The third-order valence-corrected chi connectivity index (χ3v) is 3.54. The molecule has 2 N–H and O–H groups in total. The van der Waals surface area contributed by atoms with Crippen molar-refractivity contribution in [2.45, 2.75) is 13.5 Å². The molecule has 0 radical (unpaired) electrons. The molecule has 3 nitrogen and oxygen atoms in total. The Morgan fingerprint density at radius 2 is 1.95 bits per heavy atom. The van der Waals surface area contributed by atoms with Gasteiger partial charge in [0.2, 0.25) is 0 Å². The second-order valence-corrected chi connectivity index (χ2v) is 5.67. The smallest absolute Gasteiger partial charge is 0.141 e. The molecule has 0 aliphatic carbocycles. The van der Waals surface area contributed by atoms with E-state index in [1.807, 2.05) is 49.4 Å². The predicted octanol–water partition coefficient (Wildman–Crippen LogP) is 4.52. The van der Waals surface area contributed by atoms with Crippen molar-refractivity contribution in [3.05, 3.63) is 59.6 Å². The zero-order valence-corrected chi connectivity index (χ0v) is 12.6. The van der Waals surface area contributed by atoms with E-state index in [4.69, 9.17) is 22.3 Å². The fourth-order valence-corrected chi connectivity index (χ4v) is 2.55. The highest BCUT2D eigenvalue weighted by Gasteiger charge is 2.13. The van der Waals surface area contributed by atoms with E-state index in [9.17, 15) is 0 Å². The van der Waals surface area contributed by atoms with Gasteiger partial charge in [-0.25, -0.2) is 4.98 Å². The van der Waals surface area contributed by atoms with Gasteiger partial charge in [-0.2, -0.15) is 0 Å². The summed E-state index contributed by atoms with van der Waals surface area (Å²) in [4.78, 5) is 4.72. The van der Waals surface area contributed by atoms with Gasteiger partial charge < -0.3 is 10.3 Å². The molecule has 2 aromatic carbocycles. The number of benzene rings is 2. The van der Waals surface area contributed by atoms with Gasteiger partial charge in [0.1, 0.15) is 5.82 Å². The van der Waals surface area contributed by atoms with E-state index in [0.29, 0.717) is 5.02 Å². The maximum Gasteiger partial charge on any atom is 0.141 e. The van der Waals surface area contributed by atoms with Crippen LogP contribution in [0.4, 0.5) is 5.69 Å². The topological polar surface area (TPSA) is 43.8 Å². The van der Waals surface area contributed by atoms with Crippen molar-refractivity contribution in [1.82, 2.24) is 9.55 Å². The maximum atomic E-state index is 6.07. The van der Waals surface area contributed by atoms with Crippen LogP contribution in [-0.2, 0) is 6.54 Å². The van der Waals surface area contributed by atoms with Gasteiger partial charge in [0.15, 0.2) is 0 Å². The molecular formula is C17H16ClN3. The van der Waals surface area contributed by atoms with Gasteiger partial charge >= 0.3 is 0 Å². The molecule has 0 spiro atoms. The van der Waals surface area contributed by atoms with Crippen LogP contribution in [0.5, 0.6) is 0 Å². The molecule has 0 fully saturated rings. The van der Waals surface area contributed by atoms with Crippen LogP contribution >= 0.6 is 11.6 Å². The Morgan fingerprint density at radius 1 is 1.24 bits per heavy atom. The molecule has 3 aromatic rings. The Labute approximate surface area is 128 Å². The molecule has 21 heavy (non-hydrogen) atoms.